The Morgan fingerprint density at radius 2 is 2.29 bits per heavy atom. The maximum Gasteiger partial charge on any atom is 0.266 e. The summed E-state index contributed by atoms with van der Waals surface area (Å²) in [5, 5.41) is 0. The minimum Gasteiger partial charge on any atom is -0.293 e. The Morgan fingerprint density at radius 1 is 1.53 bits per heavy atom. The third-order valence-electron chi connectivity index (χ3n) is 2.34. The molecule has 1 saturated heterocycles. The highest BCUT2D eigenvalue weighted by molar-refractivity contribution is 9.10. The third kappa shape index (κ3) is 2.78. The lowest BCUT2D eigenvalue weighted by molar-refractivity contribution is -0.121. The zero-order valence-electron chi connectivity index (χ0n) is 9.14. The van der Waals surface area contributed by atoms with Gasteiger partial charge in [-0.1, -0.05) is 52.0 Å². The van der Waals surface area contributed by atoms with Crippen molar-refractivity contribution in [1.82, 2.24) is 4.90 Å². The number of nitrogens with zero attached hydrogens (tertiary/aromatic N) is 1. The van der Waals surface area contributed by atoms with Crippen LogP contribution >= 0.6 is 39.9 Å². The predicted octanol–water partition coefficient (Wildman–Crippen LogP) is 3.67. The van der Waals surface area contributed by atoms with Crippen LogP contribution < -0.4 is 0 Å². The molecule has 1 aliphatic rings. The lowest BCUT2D eigenvalue weighted by atomic mass is 10.2. The van der Waals surface area contributed by atoms with E-state index in [4.69, 9.17) is 12.2 Å². The summed E-state index contributed by atoms with van der Waals surface area (Å²) < 4.78 is 1.64. The van der Waals surface area contributed by atoms with Gasteiger partial charge in [-0.2, -0.15) is 0 Å². The van der Waals surface area contributed by atoms with E-state index in [1.165, 1.54) is 11.8 Å². The maximum absolute atomic E-state index is 12.0. The molecule has 0 radical (unpaired) electrons. The average Bonchev–Trinajstić information content (AvgIpc) is 2.54. The molecule has 0 aliphatic carbocycles. The van der Waals surface area contributed by atoms with Crippen molar-refractivity contribution >= 4 is 56.2 Å². The number of thiocarbonyl (C=S) groups is 1. The second-order valence-electron chi connectivity index (χ2n) is 3.48. The highest BCUT2D eigenvalue weighted by Gasteiger charge is 2.30. The van der Waals surface area contributed by atoms with Gasteiger partial charge in [0.1, 0.15) is 4.32 Å². The number of thioether (sulfide) groups is 1. The van der Waals surface area contributed by atoms with E-state index in [-0.39, 0.29) is 5.91 Å². The summed E-state index contributed by atoms with van der Waals surface area (Å²) in [6.07, 6.45) is 1.87. The molecule has 1 heterocycles. The van der Waals surface area contributed by atoms with Crippen LogP contribution in [-0.2, 0) is 4.79 Å². The molecule has 0 saturated carbocycles. The Morgan fingerprint density at radius 3 is 2.88 bits per heavy atom. The molecular weight excluding hydrogens is 318 g/mol. The highest BCUT2D eigenvalue weighted by atomic mass is 79.9. The van der Waals surface area contributed by atoms with Gasteiger partial charge in [0, 0.05) is 11.0 Å². The summed E-state index contributed by atoms with van der Waals surface area (Å²) in [5.41, 5.74) is 0.996. The molecule has 1 amide bonds. The van der Waals surface area contributed by atoms with Gasteiger partial charge in [0.25, 0.3) is 5.91 Å². The van der Waals surface area contributed by atoms with Crippen LogP contribution in [0.1, 0.15) is 12.5 Å². The summed E-state index contributed by atoms with van der Waals surface area (Å²) in [7, 11) is 0. The van der Waals surface area contributed by atoms with Crippen molar-refractivity contribution in [2.45, 2.75) is 6.92 Å². The number of amides is 1. The first-order valence-corrected chi connectivity index (χ1v) is 7.14. The molecule has 0 bridgehead atoms. The molecule has 2 nitrogen and oxygen atoms in total. The van der Waals surface area contributed by atoms with Gasteiger partial charge in [-0.3, -0.25) is 9.69 Å². The van der Waals surface area contributed by atoms with E-state index in [1.54, 1.807) is 4.90 Å². The second-order valence-corrected chi connectivity index (χ2v) is 6.07. The van der Waals surface area contributed by atoms with E-state index in [1.807, 2.05) is 37.3 Å². The van der Waals surface area contributed by atoms with Crippen LogP contribution in [0, 0.1) is 0 Å². The fourth-order valence-corrected chi connectivity index (χ4v) is 3.32. The second kappa shape index (κ2) is 5.33. The van der Waals surface area contributed by atoms with Crippen LogP contribution in [0.5, 0.6) is 0 Å². The molecule has 2 rings (SSSR count). The molecule has 0 aromatic heterocycles. The van der Waals surface area contributed by atoms with Gasteiger partial charge in [0.2, 0.25) is 0 Å². The lowest BCUT2D eigenvalue weighted by Gasteiger charge is -2.09. The van der Waals surface area contributed by atoms with E-state index in [0.717, 1.165) is 10.0 Å². The molecule has 17 heavy (non-hydrogen) atoms. The van der Waals surface area contributed by atoms with Gasteiger partial charge < -0.3 is 0 Å². The van der Waals surface area contributed by atoms with Gasteiger partial charge >= 0.3 is 0 Å². The van der Waals surface area contributed by atoms with Crippen LogP contribution in [0.25, 0.3) is 6.08 Å². The quantitative estimate of drug-likeness (QED) is 0.610. The predicted molar refractivity (Wildman–Crippen MR) is 79.7 cm³/mol. The molecule has 1 aromatic carbocycles. The number of hydrogen-bond donors (Lipinski definition) is 0. The van der Waals surface area contributed by atoms with E-state index >= 15 is 0 Å². The third-order valence-corrected chi connectivity index (χ3v) is 4.21. The fraction of sp³-hybridized carbons (Fsp3) is 0.167. The first-order valence-electron chi connectivity index (χ1n) is 5.12. The summed E-state index contributed by atoms with van der Waals surface area (Å²) in [6.45, 7) is 2.55. The lowest BCUT2D eigenvalue weighted by Crippen LogP contribution is -2.27. The molecule has 1 aliphatic heterocycles. The highest BCUT2D eigenvalue weighted by Crippen LogP contribution is 2.32. The Kier molecular flexibility index (Phi) is 4.01. The number of carbonyl (C=O) groups is 1. The molecule has 0 unspecified atom stereocenters. The molecule has 1 aromatic rings. The molecular formula is C12H10BrNOS2. The number of benzene rings is 1. The normalized spacial score (nSPS) is 18.2. The number of halogens is 1. The van der Waals surface area contributed by atoms with Gasteiger partial charge in [-0.15, -0.1) is 0 Å². The van der Waals surface area contributed by atoms with Crippen molar-refractivity contribution in [2.24, 2.45) is 0 Å². The largest absolute Gasteiger partial charge is 0.293 e. The summed E-state index contributed by atoms with van der Waals surface area (Å²) in [6, 6.07) is 7.83. The first kappa shape index (κ1) is 12.8. The minimum atomic E-state index is 0.00229. The number of likely N-dealkylation sites (N-methyl/N-ethyl adjacent to an activating group) is 1. The van der Waals surface area contributed by atoms with Crippen molar-refractivity contribution in [3.8, 4) is 0 Å². The van der Waals surface area contributed by atoms with E-state index in [0.29, 0.717) is 15.8 Å². The maximum atomic E-state index is 12.0. The Labute approximate surface area is 118 Å². The van der Waals surface area contributed by atoms with Crippen LogP contribution in [0.2, 0.25) is 0 Å². The Hall–Kier alpha value is -0.650. The summed E-state index contributed by atoms with van der Waals surface area (Å²) in [5.74, 6) is 0.00229. The van der Waals surface area contributed by atoms with Gasteiger partial charge in [0.05, 0.1) is 4.91 Å². The van der Waals surface area contributed by atoms with Crippen LogP contribution in [0.15, 0.2) is 33.6 Å². The Balaban J connectivity index is 2.30. The number of hydrogen-bond acceptors (Lipinski definition) is 3. The van der Waals surface area contributed by atoms with Crippen LogP contribution in [0.4, 0.5) is 0 Å². The molecule has 0 N–H and O–H groups in total. The number of rotatable bonds is 2. The van der Waals surface area contributed by atoms with Gasteiger partial charge in [-0.05, 0) is 30.7 Å². The van der Waals surface area contributed by atoms with E-state index in [9.17, 15) is 4.79 Å². The zero-order valence-corrected chi connectivity index (χ0v) is 12.4. The molecule has 0 atom stereocenters. The fourth-order valence-electron chi connectivity index (χ4n) is 1.52. The Bertz CT molecular complexity index is 513. The van der Waals surface area contributed by atoms with Crippen LogP contribution in [-0.4, -0.2) is 21.7 Å². The van der Waals surface area contributed by atoms with Crippen molar-refractivity contribution < 1.29 is 4.79 Å². The summed E-state index contributed by atoms with van der Waals surface area (Å²) >= 11 is 9.92. The topological polar surface area (TPSA) is 20.3 Å². The van der Waals surface area contributed by atoms with E-state index < -0.39 is 0 Å². The molecule has 0 spiro atoms. The van der Waals surface area contributed by atoms with Gasteiger partial charge in [0.15, 0.2) is 0 Å². The molecule has 5 heteroatoms. The SMILES string of the molecule is CCN1C(=O)C(=Cc2cccc(Br)c2)SC1=S. The van der Waals surface area contributed by atoms with E-state index in [2.05, 4.69) is 15.9 Å². The monoisotopic (exact) mass is 327 g/mol. The minimum absolute atomic E-state index is 0.00229. The smallest absolute Gasteiger partial charge is 0.266 e. The van der Waals surface area contributed by atoms with Crippen molar-refractivity contribution in [3.05, 3.63) is 39.2 Å². The van der Waals surface area contributed by atoms with Gasteiger partial charge in [-0.25, -0.2) is 0 Å². The molecule has 1 fully saturated rings. The standard InChI is InChI=1S/C12H10BrNOS2/c1-2-14-11(15)10(17-12(14)16)7-8-4-3-5-9(13)6-8/h3-7H,2H2,1H3. The summed E-state index contributed by atoms with van der Waals surface area (Å²) in [4.78, 5) is 14.3. The van der Waals surface area contributed by atoms with Crippen LogP contribution in [0.3, 0.4) is 0 Å². The zero-order chi connectivity index (χ0) is 12.4. The van der Waals surface area contributed by atoms with Crippen molar-refractivity contribution in [3.63, 3.8) is 0 Å². The number of carbonyl (C=O) groups excluding carboxylic acids is 1. The average molecular weight is 328 g/mol. The van der Waals surface area contributed by atoms with Crippen molar-refractivity contribution in [2.75, 3.05) is 6.54 Å². The molecule has 88 valence electrons. The van der Waals surface area contributed by atoms with Crippen molar-refractivity contribution in [1.29, 1.82) is 0 Å². The first-order chi connectivity index (χ1) is 8.11.